The number of carbonyl (C=O) groups is 1. The van der Waals surface area contributed by atoms with Gasteiger partial charge in [-0.1, -0.05) is 12.1 Å². The number of aryl methyl sites for hydroxylation is 2. The third-order valence-electron chi connectivity index (χ3n) is 4.48. The molecule has 3 rings (SSSR count). The normalized spacial score (nSPS) is 10.7. The quantitative estimate of drug-likeness (QED) is 0.590. The standard InChI is InChI=1S/C21H25N3O3/c1-26-17-12-16(13-18(14-17)27-2)8-9-21(25)22-10-5-11-24-15-23-19-6-3-4-7-20(19)24/h3-4,6-7,12-15H,5,8-11H2,1-2H3,(H,22,25). The van der Waals surface area contributed by atoms with Crippen molar-refractivity contribution in [1.29, 1.82) is 0 Å². The molecular formula is C21H25N3O3. The fourth-order valence-corrected chi connectivity index (χ4v) is 3.02. The van der Waals surface area contributed by atoms with E-state index in [1.807, 2.05) is 42.7 Å². The van der Waals surface area contributed by atoms with Crippen molar-refractivity contribution >= 4 is 16.9 Å². The lowest BCUT2D eigenvalue weighted by Gasteiger charge is -2.09. The molecule has 0 aliphatic rings. The van der Waals surface area contributed by atoms with Gasteiger partial charge in [-0.2, -0.15) is 0 Å². The summed E-state index contributed by atoms with van der Waals surface area (Å²) in [5.41, 5.74) is 3.14. The molecule has 0 bridgehead atoms. The number of hydrogen-bond acceptors (Lipinski definition) is 4. The maximum absolute atomic E-state index is 12.1. The number of nitrogens with one attached hydrogen (secondary N) is 1. The van der Waals surface area contributed by atoms with Gasteiger partial charge in [0.1, 0.15) is 11.5 Å². The number of methoxy groups -OCH3 is 2. The molecule has 6 nitrogen and oxygen atoms in total. The highest BCUT2D eigenvalue weighted by atomic mass is 16.5. The molecule has 2 aromatic carbocycles. The van der Waals surface area contributed by atoms with Crippen LogP contribution in [-0.4, -0.2) is 36.2 Å². The average Bonchev–Trinajstić information content (AvgIpc) is 3.12. The van der Waals surface area contributed by atoms with Crippen LogP contribution < -0.4 is 14.8 Å². The first-order valence-electron chi connectivity index (χ1n) is 9.08. The molecule has 27 heavy (non-hydrogen) atoms. The van der Waals surface area contributed by atoms with Crippen LogP contribution in [0.25, 0.3) is 11.0 Å². The minimum absolute atomic E-state index is 0.0484. The second-order valence-electron chi connectivity index (χ2n) is 6.35. The summed E-state index contributed by atoms with van der Waals surface area (Å²) in [5.74, 6) is 1.52. The number of amides is 1. The van der Waals surface area contributed by atoms with Gasteiger partial charge in [-0.15, -0.1) is 0 Å². The zero-order valence-electron chi connectivity index (χ0n) is 15.8. The zero-order chi connectivity index (χ0) is 19.1. The molecule has 0 atom stereocenters. The Hall–Kier alpha value is -3.02. The smallest absolute Gasteiger partial charge is 0.220 e. The number of imidazole rings is 1. The van der Waals surface area contributed by atoms with Crippen LogP contribution in [0.3, 0.4) is 0 Å². The van der Waals surface area contributed by atoms with E-state index >= 15 is 0 Å². The van der Waals surface area contributed by atoms with Gasteiger partial charge in [0.05, 0.1) is 31.6 Å². The monoisotopic (exact) mass is 367 g/mol. The lowest BCUT2D eigenvalue weighted by Crippen LogP contribution is -2.25. The number of aromatic nitrogens is 2. The van der Waals surface area contributed by atoms with Gasteiger partial charge in [-0.05, 0) is 42.7 Å². The molecule has 0 saturated heterocycles. The van der Waals surface area contributed by atoms with Gasteiger partial charge in [0.25, 0.3) is 0 Å². The second-order valence-corrected chi connectivity index (χ2v) is 6.35. The van der Waals surface area contributed by atoms with E-state index in [4.69, 9.17) is 9.47 Å². The molecule has 0 fully saturated rings. The molecule has 0 radical (unpaired) electrons. The summed E-state index contributed by atoms with van der Waals surface area (Å²) in [7, 11) is 3.24. The Morgan fingerprint density at radius 3 is 2.59 bits per heavy atom. The van der Waals surface area contributed by atoms with Gasteiger partial charge in [0.2, 0.25) is 5.91 Å². The predicted molar refractivity (Wildman–Crippen MR) is 105 cm³/mol. The molecular weight excluding hydrogens is 342 g/mol. The fourth-order valence-electron chi connectivity index (χ4n) is 3.02. The number of nitrogens with zero attached hydrogens (tertiary/aromatic N) is 2. The van der Waals surface area contributed by atoms with Gasteiger partial charge in [0.15, 0.2) is 0 Å². The molecule has 1 aromatic heterocycles. The first-order chi connectivity index (χ1) is 13.2. The molecule has 3 aromatic rings. The van der Waals surface area contributed by atoms with Crippen LogP contribution in [0.2, 0.25) is 0 Å². The SMILES string of the molecule is COc1cc(CCC(=O)NCCCn2cnc3ccccc32)cc(OC)c1. The van der Waals surface area contributed by atoms with E-state index in [0.29, 0.717) is 19.4 Å². The highest BCUT2D eigenvalue weighted by molar-refractivity contribution is 5.76. The molecule has 0 aliphatic heterocycles. The highest BCUT2D eigenvalue weighted by Crippen LogP contribution is 2.23. The molecule has 0 aliphatic carbocycles. The van der Waals surface area contributed by atoms with Crippen molar-refractivity contribution in [3.8, 4) is 11.5 Å². The van der Waals surface area contributed by atoms with Crippen molar-refractivity contribution in [3.05, 3.63) is 54.4 Å². The molecule has 1 N–H and O–H groups in total. The summed E-state index contributed by atoms with van der Waals surface area (Å²) in [5, 5.41) is 2.99. The zero-order valence-corrected chi connectivity index (χ0v) is 15.8. The first kappa shape index (κ1) is 18.8. The largest absolute Gasteiger partial charge is 0.497 e. The first-order valence-corrected chi connectivity index (χ1v) is 9.08. The maximum Gasteiger partial charge on any atom is 0.220 e. The number of hydrogen-bond donors (Lipinski definition) is 1. The second kappa shape index (κ2) is 9.07. The van der Waals surface area contributed by atoms with Crippen LogP contribution in [-0.2, 0) is 17.8 Å². The number of para-hydroxylation sites is 2. The Kier molecular flexibility index (Phi) is 6.30. The number of benzene rings is 2. The van der Waals surface area contributed by atoms with Crippen molar-refractivity contribution in [2.24, 2.45) is 0 Å². The van der Waals surface area contributed by atoms with Crippen LogP contribution in [0.4, 0.5) is 0 Å². The summed E-state index contributed by atoms with van der Waals surface area (Å²) in [4.78, 5) is 16.5. The summed E-state index contributed by atoms with van der Waals surface area (Å²) in [6.45, 7) is 1.47. The Bertz CT molecular complexity index is 882. The minimum Gasteiger partial charge on any atom is -0.497 e. The van der Waals surface area contributed by atoms with E-state index in [1.165, 1.54) is 0 Å². The van der Waals surface area contributed by atoms with Crippen molar-refractivity contribution in [3.63, 3.8) is 0 Å². The third-order valence-corrected chi connectivity index (χ3v) is 4.48. The van der Waals surface area contributed by atoms with Gasteiger partial charge in [0, 0.05) is 25.6 Å². The summed E-state index contributed by atoms with van der Waals surface area (Å²) < 4.78 is 12.6. The molecule has 0 unspecified atom stereocenters. The fraction of sp³-hybridized carbons (Fsp3) is 0.333. The number of carbonyl (C=O) groups excluding carboxylic acids is 1. The van der Waals surface area contributed by atoms with Crippen molar-refractivity contribution < 1.29 is 14.3 Å². The Morgan fingerprint density at radius 1 is 1.11 bits per heavy atom. The van der Waals surface area contributed by atoms with Gasteiger partial charge >= 0.3 is 0 Å². The van der Waals surface area contributed by atoms with Gasteiger partial charge in [-0.25, -0.2) is 4.98 Å². The maximum atomic E-state index is 12.1. The predicted octanol–water partition coefficient (Wildman–Crippen LogP) is 3.19. The van der Waals surface area contributed by atoms with E-state index in [-0.39, 0.29) is 5.91 Å². The Morgan fingerprint density at radius 2 is 1.85 bits per heavy atom. The van der Waals surface area contributed by atoms with Crippen LogP contribution in [0.5, 0.6) is 11.5 Å². The molecule has 0 spiro atoms. The van der Waals surface area contributed by atoms with E-state index in [9.17, 15) is 4.79 Å². The number of ether oxygens (including phenoxy) is 2. The van der Waals surface area contributed by atoms with E-state index in [1.54, 1.807) is 14.2 Å². The Labute approximate surface area is 159 Å². The van der Waals surface area contributed by atoms with E-state index < -0.39 is 0 Å². The van der Waals surface area contributed by atoms with Crippen LogP contribution >= 0.6 is 0 Å². The van der Waals surface area contributed by atoms with Crippen molar-refractivity contribution in [1.82, 2.24) is 14.9 Å². The summed E-state index contributed by atoms with van der Waals surface area (Å²) >= 11 is 0. The summed E-state index contributed by atoms with van der Waals surface area (Å²) in [6.07, 6.45) is 3.79. The van der Waals surface area contributed by atoms with E-state index in [2.05, 4.69) is 20.9 Å². The molecule has 0 saturated carbocycles. The van der Waals surface area contributed by atoms with Crippen LogP contribution in [0.1, 0.15) is 18.4 Å². The van der Waals surface area contributed by atoms with Crippen molar-refractivity contribution in [2.75, 3.05) is 20.8 Å². The number of rotatable bonds is 9. The van der Waals surface area contributed by atoms with Gasteiger partial charge in [-0.3, -0.25) is 4.79 Å². The van der Waals surface area contributed by atoms with Crippen molar-refractivity contribution in [2.45, 2.75) is 25.8 Å². The van der Waals surface area contributed by atoms with Crippen LogP contribution in [0.15, 0.2) is 48.8 Å². The molecule has 1 amide bonds. The highest BCUT2D eigenvalue weighted by Gasteiger charge is 2.06. The third kappa shape index (κ3) is 5.00. The summed E-state index contributed by atoms with van der Waals surface area (Å²) in [6, 6.07) is 13.7. The average molecular weight is 367 g/mol. The van der Waals surface area contributed by atoms with E-state index in [0.717, 1.165) is 41.1 Å². The Balaban J connectivity index is 1.42. The minimum atomic E-state index is 0.0484. The topological polar surface area (TPSA) is 65.4 Å². The number of fused-ring (bicyclic) bond motifs is 1. The lowest BCUT2D eigenvalue weighted by molar-refractivity contribution is -0.121. The molecule has 1 heterocycles. The van der Waals surface area contributed by atoms with Gasteiger partial charge < -0.3 is 19.4 Å². The molecule has 142 valence electrons. The molecule has 6 heteroatoms. The lowest BCUT2D eigenvalue weighted by atomic mass is 10.1. The van der Waals surface area contributed by atoms with Crippen LogP contribution in [0, 0.1) is 0 Å².